The van der Waals surface area contributed by atoms with Crippen molar-refractivity contribution in [3.63, 3.8) is 0 Å². The van der Waals surface area contributed by atoms with Gasteiger partial charge in [0.1, 0.15) is 11.6 Å². The predicted octanol–water partition coefficient (Wildman–Crippen LogP) is 3.57. The van der Waals surface area contributed by atoms with Gasteiger partial charge in [-0.2, -0.15) is 0 Å². The van der Waals surface area contributed by atoms with Gasteiger partial charge in [-0.1, -0.05) is 24.3 Å². The van der Waals surface area contributed by atoms with Gasteiger partial charge in [0.05, 0.1) is 16.6 Å². The van der Waals surface area contributed by atoms with Crippen LogP contribution in [0, 0.1) is 11.6 Å². The van der Waals surface area contributed by atoms with E-state index < -0.39 is 21.7 Å². The molecule has 0 radical (unpaired) electrons. The molecule has 0 spiro atoms. The smallest absolute Gasteiger partial charge is 0.123 e. The average Bonchev–Trinajstić information content (AvgIpc) is 2.41. The lowest BCUT2D eigenvalue weighted by molar-refractivity contribution is 0.106. The number of rotatable bonds is 5. The van der Waals surface area contributed by atoms with Gasteiger partial charge in [0.2, 0.25) is 0 Å². The van der Waals surface area contributed by atoms with Crippen LogP contribution in [0.4, 0.5) is 8.78 Å². The number of benzene rings is 2. The Labute approximate surface area is 131 Å². The van der Waals surface area contributed by atoms with Gasteiger partial charge >= 0.3 is 0 Å². The molecule has 0 amide bonds. The summed E-state index contributed by atoms with van der Waals surface area (Å²) in [5, 5.41) is 9.36. The standard InChI is InChI=1S/C17H18F2O2S/c1-17(2,20)11-22(21)16(12-3-7-14(18)8-4-12)13-5-9-15(19)10-6-13/h3-10,16,20H,11H2,1-2H3. The van der Waals surface area contributed by atoms with Gasteiger partial charge < -0.3 is 5.11 Å². The predicted molar refractivity (Wildman–Crippen MR) is 84.0 cm³/mol. The van der Waals surface area contributed by atoms with Crippen molar-refractivity contribution < 1.29 is 18.1 Å². The van der Waals surface area contributed by atoms with Crippen LogP contribution in [0.3, 0.4) is 0 Å². The molecule has 1 unspecified atom stereocenters. The first-order chi connectivity index (χ1) is 10.3. The lowest BCUT2D eigenvalue weighted by Gasteiger charge is -2.23. The van der Waals surface area contributed by atoms with E-state index in [9.17, 15) is 18.1 Å². The molecule has 118 valence electrons. The second kappa shape index (κ2) is 6.67. The first-order valence-electron chi connectivity index (χ1n) is 6.87. The van der Waals surface area contributed by atoms with Gasteiger partial charge in [0, 0.05) is 10.8 Å². The summed E-state index contributed by atoms with van der Waals surface area (Å²) in [6.45, 7) is 3.16. The van der Waals surface area contributed by atoms with Crippen molar-refractivity contribution in [3.05, 3.63) is 71.3 Å². The lowest BCUT2D eigenvalue weighted by atomic mass is 10.0. The third-order valence-corrected chi connectivity index (χ3v) is 5.16. The molecule has 0 bridgehead atoms. The minimum Gasteiger partial charge on any atom is -0.390 e. The molecule has 0 aliphatic heterocycles. The number of aliphatic hydroxyl groups is 1. The van der Waals surface area contributed by atoms with Crippen LogP contribution in [0.25, 0.3) is 0 Å². The van der Waals surface area contributed by atoms with Crippen LogP contribution in [0.15, 0.2) is 48.5 Å². The summed E-state index contributed by atoms with van der Waals surface area (Å²) in [7, 11) is -1.44. The molecule has 2 nitrogen and oxygen atoms in total. The molecule has 0 saturated heterocycles. The normalized spacial score (nSPS) is 13.4. The largest absolute Gasteiger partial charge is 0.390 e. The Kier molecular flexibility index (Phi) is 5.08. The third-order valence-electron chi connectivity index (χ3n) is 3.10. The highest BCUT2D eigenvalue weighted by molar-refractivity contribution is 7.85. The van der Waals surface area contributed by atoms with E-state index in [1.807, 2.05) is 0 Å². The van der Waals surface area contributed by atoms with Gasteiger partial charge in [-0.3, -0.25) is 4.21 Å². The maximum Gasteiger partial charge on any atom is 0.123 e. The van der Waals surface area contributed by atoms with Crippen molar-refractivity contribution in [1.29, 1.82) is 0 Å². The zero-order valence-corrected chi connectivity index (χ0v) is 13.2. The second-order valence-corrected chi connectivity index (χ2v) is 7.34. The Balaban J connectivity index is 2.42. The summed E-state index contributed by atoms with van der Waals surface area (Å²) in [5.74, 6) is -0.698. The van der Waals surface area contributed by atoms with Crippen molar-refractivity contribution in [2.75, 3.05) is 5.75 Å². The van der Waals surface area contributed by atoms with E-state index in [2.05, 4.69) is 0 Å². The topological polar surface area (TPSA) is 37.3 Å². The molecule has 5 heteroatoms. The Morgan fingerprint density at radius 1 is 0.955 bits per heavy atom. The van der Waals surface area contributed by atoms with E-state index >= 15 is 0 Å². The van der Waals surface area contributed by atoms with E-state index in [-0.39, 0.29) is 17.4 Å². The Hall–Kier alpha value is -1.59. The van der Waals surface area contributed by atoms with Gasteiger partial charge in [0.25, 0.3) is 0 Å². The lowest BCUT2D eigenvalue weighted by Crippen LogP contribution is -2.29. The number of hydrogen-bond acceptors (Lipinski definition) is 2. The van der Waals surface area contributed by atoms with Crippen LogP contribution in [0.5, 0.6) is 0 Å². The van der Waals surface area contributed by atoms with Gasteiger partial charge in [-0.25, -0.2) is 8.78 Å². The van der Waals surface area contributed by atoms with E-state index in [4.69, 9.17) is 0 Å². The molecule has 0 fully saturated rings. The summed E-state index contributed by atoms with van der Waals surface area (Å²) in [4.78, 5) is 0. The summed E-state index contributed by atoms with van der Waals surface area (Å²) < 4.78 is 38.9. The third kappa shape index (κ3) is 4.45. The second-order valence-electron chi connectivity index (χ2n) is 5.82. The fourth-order valence-electron chi connectivity index (χ4n) is 2.20. The number of hydrogen-bond donors (Lipinski definition) is 1. The molecule has 22 heavy (non-hydrogen) atoms. The Morgan fingerprint density at radius 3 is 1.64 bits per heavy atom. The molecule has 2 aromatic rings. The molecule has 2 rings (SSSR count). The van der Waals surface area contributed by atoms with Crippen LogP contribution in [0.1, 0.15) is 30.2 Å². The summed E-state index contributed by atoms with van der Waals surface area (Å²) in [6.07, 6.45) is 0. The highest BCUT2D eigenvalue weighted by Crippen LogP contribution is 2.30. The maximum atomic E-state index is 13.1. The van der Waals surface area contributed by atoms with Crippen LogP contribution in [-0.4, -0.2) is 20.7 Å². The van der Waals surface area contributed by atoms with Crippen molar-refractivity contribution in [1.82, 2.24) is 0 Å². The molecule has 1 N–H and O–H groups in total. The Bertz CT molecular complexity index is 600. The molecule has 0 aromatic heterocycles. The zero-order chi connectivity index (χ0) is 16.3. The fourth-order valence-corrected chi connectivity index (χ4v) is 3.99. The van der Waals surface area contributed by atoms with Crippen molar-refractivity contribution >= 4 is 10.8 Å². The number of halogens is 2. The SMILES string of the molecule is CC(C)(O)CS(=O)C(c1ccc(F)cc1)c1ccc(F)cc1. The zero-order valence-electron chi connectivity index (χ0n) is 12.4. The van der Waals surface area contributed by atoms with Crippen LogP contribution in [0.2, 0.25) is 0 Å². The molecule has 1 atom stereocenters. The first-order valence-corrected chi connectivity index (χ1v) is 8.25. The highest BCUT2D eigenvalue weighted by atomic mass is 32.2. The molecule has 0 aliphatic rings. The fraction of sp³-hybridized carbons (Fsp3) is 0.294. The van der Waals surface area contributed by atoms with E-state index in [0.29, 0.717) is 11.1 Å². The molecule has 0 aliphatic carbocycles. The van der Waals surface area contributed by atoms with Gasteiger partial charge in [-0.05, 0) is 49.2 Å². The van der Waals surface area contributed by atoms with Crippen LogP contribution < -0.4 is 0 Å². The molecular formula is C17H18F2O2S. The quantitative estimate of drug-likeness (QED) is 0.913. The molecule has 2 aromatic carbocycles. The minimum atomic E-state index is -1.44. The summed E-state index contributed by atoms with van der Waals surface area (Å²) in [5.41, 5.74) is 0.231. The van der Waals surface area contributed by atoms with E-state index in [1.165, 1.54) is 24.3 Å². The first kappa shape index (κ1) is 16.8. The maximum absolute atomic E-state index is 13.1. The van der Waals surface area contributed by atoms with Crippen LogP contribution in [-0.2, 0) is 10.8 Å². The highest BCUT2D eigenvalue weighted by Gasteiger charge is 2.26. The molecular weight excluding hydrogens is 306 g/mol. The van der Waals surface area contributed by atoms with E-state index in [1.54, 1.807) is 38.1 Å². The summed E-state index contributed by atoms with van der Waals surface area (Å²) >= 11 is 0. The molecule has 0 saturated carbocycles. The Morgan fingerprint density at radius 2 is 1.32 bits per heavy atom. The summed E-state index contributed by atoms with van der Waals surface area (Å²) in [6, 6.07) is 11.4. The van der Waals surface area contributed by atoms with E-state index in [0.717, 1.165) is 0 Å². The van der Waals surface area contributed by atoms with Gasteiger partial charge in [-0.15, -0.1) is 0 Å². The van der Waals surface area contributed by atoms with Crippen molar-refractivity contribution in [2.45, 2.75) is 24.7 Å². The van der Waals surface area contributed by atoms with Crippen molar-refractivity contribution in [2.24, 2.45) is 0 Å². The van der Waals surface area contributed by atoms with Crippen molar-refractivity contribution in [3.8, 4) is 0 Å². The van der Waals surface area contributed by atoms with Crippen LogP contribution >= 0.6 is 0 Å². The minimum absolute atomic E-state index is 0.0619. The average molecular weight is 324 g/mol. The molecule has 0 heterocycles. The monoisotopic (exact) mass is 324 g/mol. The van der Waals surface area contributed by atoms with Gasteiger partial charge in [0.15, 0.2) is 0 Å².